The van der Waals surface area contributed by atoms with E-state index in [1.54, 1.807) is 0 Å². The van der Waals surface area contributed by atoms with Gasteiger partial charge in [0.1, 0.15) is 0 Å². The van der Waals surface area contributed by atoms with Gasteiger partial charge in [-0.15, -0.1) is 0 Å². The van der Waals surface area contributed by atoms with Crippen molar-refractivity contribution in [1.29, 1.82) is 0 Å². The molecular weight excluding hydrogens is 272 g/mol. The zero-order valence-corrected chi connectivity index (χ0v) is 11.5. The van der Waals surface area contributed by atoms with Crippen molar-refractivity contribution in [3.8, 4) is 0 Å². The minimum absolute atomic E-state index is 0.830. The Kier molecular flexibility index (Phi) is 5.32. The highest BCUT2D eigenvalue weighted by Crippen LogP contribution is 2.27. The summed E-state index contributed by atoms with van der Waals surface area (Å²) in [6, 6.07) is 4.03. The summed E-state index contributed by atoms with van der Waals surface area (Å²) < 4.78 is 1.04. The topological polar surface area (TPSA) is 38.0 Å². The Hall–Kier alpha value is -0.350. The predicted octanol–water partition coefficient (Wildman–Crippen LogP) is 3.50. The van der Waals surface area contributed by atoms with E-state index in [4.69, 9.17) is 5.73 Å². The second-order valence-corrected chi connectivity index (χ2v) is 5.30. The van der Waals surface area contributed by atoms with Gasteiger partial charge in [-0.05, 0) is 59.0 Å². The van der Waals surface area contributed by atoms with Gasteiger partial charge >= 0.3 is 0 Å². The predicted molar refractivity (Wildman–Crippen MR) is 74.8 cm³/mol. The average Bonchev–Trinajstić information content (AvgIpc) is 2.20. The largest absolute Gasteiger partial charge is 0.398 e. The van der Waals surface area contributed by atoms with Crippen LogP contribution in [0.5, 0.6) is 0 Å². The van der Waals surface area contributed by atoms with E-state index in [0.717, 1.165) is 28.0 Å². The molecule has 0 aliphatic heterocycles. The first-order valence-electron chi connectivity index (χ1n) is 4.93. The molecule has 0 radical (unpaired) electrons. The number of thioether (sulfide) groups is 1. The second-order valence-electron chi connectivity index (χ2n) is 3.46. The fraction of sp³-hybridized carbons (Fsp3) is 0.455. The Morgan fingerprint density at radius 3 is 2.87 bits per heavy atom. The van der Waals surface area contributed by atoms with Crippen molar-refractivity contribution in [1.82, 2.24) is 0 Å². The number of nitrogens with one attached hydrogen (secondary N) is 1. The van der Waals surface area contributed by atoms with Crippen LogP contribution < -0.4 is 11.1 Å². The quantitative estimate of drug-likeness (QED) is 0.643. The number of nitrogens with two attached hydrogens (primary N) is 1. The van der Waals surface area contributed by atoms with E-state index in [2.05, 4.69) is 33.6 Å². The van der Waals surface area contributed by atoms with Crippen molar-refractivity contribution >= 4 is 39.1 Å². The van der Waals surface area contributed by atoms with Gasteiger partial charge in [0, 0.05) is 22.4 Å². The van der Waals surface area contributed by atoms with Crippen molar-refractivity contribution in [3.05, 3.63) is 22.2 Å². The molecule has 0 atom stereocenters. The van der Waals surface area contributed by atoms with Crippen molar-refractivity contribution in [3.63, 3.8) is 0 Å². The molecule has 15 heavy (non-hydrogen) atoms. The monoisotopic (exact) mass is 288 g/mol. The van der Waals surface area contributed by atoms with Gasteiger partial charge in [-0.2, -0.15) is 11.8 Å². The van der Waals surface area contributed by atoms with E-state index in [9.17, 15) is 0 Å². The molecular formula is C11H17BrN2S. The molecule has 2 nitrogen and oxygen atoms in total. The van der Waals surface area contributed by atoms with Crippen LogP contribution in [0.25, 0.3) is 0 Å². The lowest BCUT2D eigenvalue weighted by Gasteiger charge is -2.10. The van der Waals surface area contributed by atoms with Crippen LogP contribution in [0.1, 0.15) is 12.0 Å². The van der Waals surface area contributed by atoms with E-state index in [-0.39, 0.29) is 0 Å². The third-order valence-electron chi connectivity index (χ3n) is 2.20. The molecule has 1 aromatic rings. The molecule has 0 saturated carbocycles. The Morgan fingerprint density at radius 1 is 1.47 bits per heavy atom. The van der Waals surface area contributed by atoms with E-state index >= 15 is 0 Å². The van der Waals surface area contributed by atoms with Crippen LogP contribution in [0, 0.1) is 6.92 Å². The minimum atomic E-state index is 0.830. The number of halogens is 1. The molecule has 0 aliphatic rings. The molecule has 0 unspecified atom stereocenters. The first kappa shape index (κ1) is 12.7. The van der Waals surface area contributed by atoms with E-state index in [1.165, 1.54) is 12.2 Å². The van der Waals surface area contributed by atoms with Gasteiger partial charge in [-0.1, -0.05) is 0 Å². The lowest BCUT2D eigenvalue weighted by Crippen LogP contribution is -2.04. The molecule has 0 heterocycles. The maximum absolute atomic E-state index is 5.80. The Morgan fingerprint density at radius 2 is 2.20 bits per heavy atom. The Balaban J connectivity index is 2.57. The summed E-state index contributed by atoms with van der Waals surface area (Å²) >= 11 is 5.38. The fourth-order valence-corrected chi connectivity index (χ4v) is 2.21. The first-order valence-corrected chi connectivity index (χ1v) is 7.12. The van der Waals surface area contributed by atoms with Crippen molar-refractivity contribution in [2.24, 2.45) is 0 Å². The third kappa shape index (κ3) is 3.95. The van der Waals surface area contributed by atoms with E-state index < -0.39 is 0 Å². The standard InChI is InChI=1S/C11H17BrN2S/c1-8-6-11(9(12)7-10(8)13)14-4-3-5-15-2/h6-7,14H,3-5,13H2,1-2H3. The van der Waals surface area contributed by atoms with Crippen LogP contribution in [0.3, 0.4) is 0 Å². The number of anilines is 2. The van der Waals surface area contributed by atoms with E-state index in [1.807, 2.05) is 24.8 Å². The molecule has 0 aliphatic carbocycles. The van der Waals surface area contributed by atoms with Crippen molar-refractivity contribution in [2.45, 2.75) is 13.3 Å². The first-order chi connectivity index (χ1) is 7.15. The molecule has 0 saturated heterocycles. The van der Waals surface area contributed by atoms with E-state index in [0.29, 0.717) is 0 Å². The molecule has 0 bridgehead atoms. The number of benzene rings is 1. The summed E-state index contributed by atoms with van der Waals surface area (Å²) in [5.74, 6) is 1.19. The van der Waals surface area contributed by atoms with Crippen LogP contribution in [0.4, 0.5) is 11.4 Å². The molecule has 1 rings (SSSR count). The number of hydrogen-bond acceptors (Lipinski definition) is 3. The zero-order valence-electron chi connectivity index (χ0n) is 9.14. The lowest BCUT2D eigenvalue weighted by atomic mass is 10.2. The Labute approximate surface area is 104 Å². The summed E-state index contributed by atoms with van der Waals surface area (Å²) in [4.78, 5) is 0. The number of hydrogen-bond donors (Lipinski definition) is 2. The highest BCUT2D eigenvalue weighted by atomic mass is 79.9. The summed E-state index contributed by atoms with van der Waals surface area (Å²) in [5.41, 5.74) is 8.88. The molecule has 0 spiro atoms. The van der Waals surface area contributed by atoms with Crippen LogP contribution in [-0.2, 0) is 0 Å². The zero-order chi connectivity index (χ0) is 11.3. The van der Waals surface area contributed by atoms with Crippen LogP contribution >= 0.6 is 27.7 Å². The lowest BCUT2D eigenvalue weighted by molar-refractivity contribution is 0.992. The van der Waals surface area contributed by atoms with Gasteiger partial charge in [0.15, 0.2) is 0 Å². The van der Waals surface area contributed by atoms with Crippen molar-refractivity contribution in [2.75, 3.05) is 29.6 Å². The van der Waals surface area contributed by atoms with Gasteiger partial charge < -0.3 is 11.1 Å². The average molecular weight is 289 g/mol. The molecule has 3 N–H and O–H groups in total. The highest BCUT2D eigenvalue weighted by molar-refractivity contribution is 9.10. The SMILES string of the molecule is CSCCCNc1cc(C)c(N)cc1Br. The summed E-state index contributed by atoms with van der Waals surface area (Å²) in [5, 5.41) is 3.40. The number of nitrogen functional groups attached to an aromatic ring is 1. The van der Waals surface area contributed by atoms with Gasteiger partial charge in [-0.3, -0.25) is 0 Å². The Bertz CT molecular complexity index is 329. The summed E-state index contributed by atoms with van der Waals surface area (Å²) in [6.45, 7) is 3.03. The number of rotatable bonds is 5. The van der Waals surface area contributed by atoms with Gasteiger partial charge in [-0.25, -0.2) is 0 Å². The smallest absolute Gasteiger partial charge is 0.0488 e. The maximum Gasteiger partial charge on any atom is 0.0488 e. The highest BCUT2D eigenvalue weighted by Gasteiger charge is 2.02. The molecule has 84 valence electrons. The van der Waals surface area contributed by atoms with Gasteiger partial charge in [0.25, 0.3) is 0 Å². The summed E-state index contributed by atoms with van der Waals surface area (Å²) in [6.07, 6.45) is 3.31. The van der Waals surface area contributed by atoms with Crippen LogP contribution in [-0.4, -0.2) is 18.6 Å². The van der Waals surface area contributed by atoms with Crippen LogP contribution in [0.2, 0.25) is 0 Å². The third-order valence-corrected chi connectivity index (χ3v) is 3.55. The molecule has 1 aromatic carbocycles. The fourth-order valence-electron chi connectivity index (χ4n) is 1.27. The van der Waals surface area contributed by atoms with Crippen molar-refractivity contribution < 1.29 is 0 Å². The molecule has 0 amide bonds. The molecule has 0 fully saturated rings. The minimum Gasteiger partial charge on any atom is -0.398 e. The molecule has 0 aromatic heterocycles. The van der Waals surface area contributed by atoms with Gasteiger partial charge in [0.05, 0.1) is 0 Å². The summed E-state index contributed by atoms with van der Waals surface area (Å²) in [7, 11) is 0. The molecule has 4 heteroatoms. The normalized spacial score (nSPS) is 10.3. The van der Waals surface area contributed by atoms with Gasteiger partial charge in [0.2, 0.25) is 0 Å². The number of aryl methyl sites for hydroxylation is 1. The second kappa shape index (κ2) is 6.28. The maximum atomic E-state index is 5.80. The van der Waals surface area contributed by atoms with Crippen LogP contribution in [0.15, 0.2) is 16.6 Å².